The van der Waals surface area contributed by atoms with Crippen LogP contribution >= 0.6 is 11.8 Å². The summed E-state index contributed by atoms with van der Waals surface area (Å²) in [5.41, 5.74) is 5.09. The predicted molar refractivity (Wildman–Crippen MR) is 65.8 cm³/mol. The molecule has 0 spiro atoms. The number of nitrogens with two attached hydrogens (primary N) is 1. The molecule has 1 aliphatic heterocycles. The summed E-state index contributed by atoms with van der Waals surface area (Å²) in [5.74, 6) is 0. The molecular weight excluding hydrogens is 256 g/mol. The number of aliphatic hydroxyl groups is 3. The van der Waals surface area contributed by atoms with Crippen LogP contribution in [0.3, 0.4) is 0 Å². The smallest absolute Gasteiger partial charge is 0.135 e. The lowest BCUT2D eigenvalue weighted by Crippen LogP contribution is -2.61. The largest absolute Gasteiger partial charge is 0.394 e. The van der Waals surface area contributed by atoms with Crippen molar-refractivity contribution in [3.8, 4) is 0 Å². The van der Waals surface area contributed by atoms with Gasteiger partial charge in [0.25, 0.3) is 0 Å². The van der Waals surface area contributed by atoms with Gasteiger partial charge in [-0.05, 0) is 12.1 Å². The van der Waals surface area contributed by atoms with Gasteiger partial charge < -0.3 is 25.8 Å². The molecule has 5 N–H and O–H groups in total. The van der Waals surface area contributed by atoms with Gasteiger partial charge in [0.1, 0.15) is 23.7 Å². The molecule has 5 atom stereocenters. The van der Waals surface area contributed by atoms with E-state index in [0.717, 1.165) is 4.90 Å². The second-order valence-corrected chi connectivity index (χ2v) is 5.26. The van der Waals surface area contributed by atoms with Crippen molar-refractivity contribution in [1.82, 2.24) is 4.98 Å². The van der Waals surface area contributed by atoms with Crippen molar-refractivity contribution in [2.45, 2.75) is 34.7 Å². The van der Waals surface area contributed by atoms with Crippen LogP contribution in [-0.4, -0.2) is 56.7 Å². The van der Waals surface area contributed by atoms with Crippen LogP contribution in [0.15, 0.2) is 29.4 Å². The number of hydrogen-bond donors (Lipinski definition) is 4. The number of nitrogens with zero attached hydrogens (tertiary/aromatic N) is 1. The maximum Gasteiger partial charge on any atom is 0.135 e. The minimum absolute atomic E-state index is 0.338. The third-order valence-corrected chi connectivity index (χ3v) is 4.01. The van der Waals surface area contributed by atoms with Crippen molar-refractivity contribution in [2.75, 3.05) is 6.61 Å². The number of aliphatic hydroxyl groups excluding tert-OH is 3. The minimum Gasteiger partial charge on any atom is -0.394 e. The van der Waals surface area contributed by atoms with Gasteiger partial charge in [-0.3, -0.25) is 4.98 Å². The highest BCUT2D eigenvalue weighted by Gasteiger charge is 2.42. The predicted octanol–water partition coefficient (Wildman–Crippen LogP) is -1.06. The standard InChI is InChI=1S/C11H16N2O4S/c12-8-9(15)7(5-14)17-11(10(8)16)18-6-1-3-13-4-2-6/h1-4,7-11,14-16H,5,12H2. The van der Waals surface area contributed by atoms with E-state index in [1.807, 2.05) is 0 Å². The molecule has 0 aromatic carbocycles. The average molecular weight is 272 g/mol. The third-order valence-electron chi connectivity index (χ3n) is 2.84. The SMILES string of the molecule is NC1C(O)C(CO)OC(Sc2ccncc2)C1O. The number of aromatic nitrogens is 1. The van der Waals surface area contributed by atoms with Crippen LogP contribution in [0.4, 0.5) is 0 Å². The molecule has 1 saturated heterocycles. The topological polar surface area (TPSA) is 109 Å². The van der Waals surface area contributed by atoms with Gasteiger partial charge in [0.2, 0.25) is 0 Å². The molecule has 7 heteroatoms. The van der Waals surface area contributed by atoms with Crippen molar-refractivity contribution in [1.29, 1.82) is 0 Å². The molecule has 0 radical (unpaired) electrons. The van der Waals surface area contributed by atoms with Crippen molar-refractivity contribution in [3.63, 3.8) is 0 Å². The van der Waals surface area contributed by atoms with E-state index in [1.165, 1.54) is 11.8 Å². The van der Waals surface area contributed by atoms with E-state index < -0.39 is 29.8 Å². The zero-order chi connectivity index (χ0) is 13.1. The van der Waals surface area contributed by atoms with Crippen molar-refractivity contribution >= 4 is 11.8 Å². The Hall–Kier alpha value is -0.700. The van der Waals surface area contributed by atoms with Gasteiger partial charge in [-0.2, -0.15) is 0 Å². The summed E-state index contributed by atoms with van der Waals surface area (Å²) in [5, 5.41) is 28.8. The number of pyridine rings is 1. The molecule has 6 nitrogen and oxygen atoms in total. The van der Waals surface area contributed by atoms with E-state index in [4.69, 9.17) is 15.6 Å². The molecule has 2 heterocycles. The number of thioether (sulfide) groups is 1. The fourth-order valence-electron chi connectivity index (χ4n) is 1.76. The zero-order valence-corrected chi connectivity index (χ0v) is 10.4. The van der Waals surface area contributed by atoms with E-state index in [2.05, 4.69) is 4.98 Å². The Morgan fingerprint density at radius 2 is 1.94 bits per heavy atom. The van der Waals surface area contributed by atoms with E-state index in [9.17, 15) is 10.2 Å². The first-order valence-electron chi connectivity index (χ1n) is 5.58. The molecule has 5 unspecified atom stereocenters. The molecule has 0 amide bonds. The highest BCUT2D eigenvalue weighted by atomic mass is 32.2. The van der Waals surface area contributed by atoms with E-state index in [0.29, 0.717) is 0 Å². The summed E-state index contributed by atoms with van der Waals surface area (Å²) in [6.07, 6.45) is 0.425. The lowest BCUT2D eigenvalue weighted by molar-refractivity contribution is -0.160. The zero-order valence-electron chi connectivity index (χ0n) is 9.59. The Labute approximate surface area is 109 Å². The van der Waals surface area contributed by atoms with Crippen LogP contribution in [0, 0.1) is 0 Å². The molecule has 1 aromatic rings. The molecule has 1 fully saturated rings. The first kappa shape index (κ1) is 13.7. The van der Waals surface area contributed by atoms with Gasteiger partial charge in [0.05, 0.1) is 12.6 Å². The van der Waals surface area contributed by atoms with E-state index in [-0.39, 0.29) is 6.61 Å². The Bertz CT molecular complexity index is 379. The van der Waals surface area contributed by atoms with Crippen LogP contribution in [0.1, 0.15) is 0 Å². The van der Waals surface area contributed by atoms with Crippen molar-refractivity contribution in [3.05, 3.63) is 24.5 Å². The van der Waals surface area contributed by atoms with Gasteiger partial charge in [0, 0.05) is 17.3 Å². The second-order valence-electron chi connectivity index (χ2n) is 4.08. The Morgan fingerprint density at radius 1 is 1.28 bits per heavy atom. The Kier molecular flexibility index (Phi) is 4.55. The van der Waals surface area contributed by atoms with Gasteiger partial charge in [-0.1, -0.05) is 11.8 Å². The number of rotatable bonds is 3. The maximum atomic E-state index is 9.95. The average Bonchev–Trinajstić information content (AvgIpc) is 2.40. The maximum absolute atomic E-state index is 9.95. The monoisotopic (exact) mass is 272 g/mol. The molecule has 1 aliphatic rings. The second kappa shape index (κ2) is 5.96. The normalized spacial score (nSPS) is 36.6. The van der Waals surface area contributed by atoms with Crippen LogP contribution in [0.5, 0.6) is 0 Å². The van der Waals surface area contributed by atoms with Crippen LogP contribution in [-0.2, 0) is 4.74 Å². The number of ether oxygens (including phenoxy) is 1. The first-order chi connectivity index (χ1) is 8.63. The molecule has 0 bridgehead atoms. The molecule has 0 saturated carbocycles. The van der Waals surface area contributed by atoms with E-state index >= 15 is 0 Å². The highest BCUT2D eigenvalue weighted by molar-refractivity contribution is 7.99. The highest BCUT2D eigenvalue weighted by Crippen LogP contribution is 2.32. The summed E-state index contributed by atoms with van der Waals surface area (Å²) in [6.45, 7) is -0.338. The summed E-state index contributed by atoms with van der Waals surface area (Å²) >= 11 is 1.28. The summed E-state index contributed by atoms with van der Waals surface area (Å²) in [7, 11) is 0. The van der Waals surface area contributed by atoms with Gasteiger partial charge >= 0.3 is 0 Å². The summed E-state index contributed by atoms with van der Waals surface area (Å²) in [6, 6.07) is 2.73. The fraction of sp³-hybridized carbons (Fsp3) is 0.545. The van der Waals surface area contributed by atoms with Crippen LogP contribution in [0.2, 0.25) is 0 Å². The molecule has 18 heavy (non-hydrogen) atoms. The fourth-order valence-corrected chi connectivity index (χ4v) is 2.83. The summed E-state index contributed by atoms with van der Waals surface area (Å²) < 4.78 is 5.45. The molecule has 100 valence electrons. The summed E-state index contributed by atoms with van der Waals surface area (Å²) in [4.78, 5) is 4.76. The minimum atomic E-state index is -1.07. The lowest BCUT2D eigenvalue weighted by Gasteiger charge is -2.40. The Balaban J connectivity index is 2.08. The van der Waals surface area contributed by atoms with Crippen LogP contribution < -0.4 is 5.73 Å². The Morgan fingerprint density at radius 3 is 2.56 bits per heavy atom. The first-order valence-corrected chi connectivity index (χ1v) is 6.46. The lowest BCUT2D eigenvalue weighted by atomic mass is 9.98. The molecule has 0 aliphatic carbocycles. The third kappa shape index (κ3) is 2.82. The molecular formula is C11H16N2O4S. The van der Waals surface area contributed by atoms with Crippen molar-refractivity contribution < 1.29 is 20.1 Å². The van der Waals surface area contributed by atoms with E-state index in [1.54, 1.807) is 24.5 Å². The molecule has 2 rings (SSSR count). The quantitative estimate of drug-likeness (QED) is 0.555. The van der Waals surface area contributed by atoms with Gasteiger partial charge in [-0.25, -0.2) is 0 Å². The number of hydrogen-bond acceptors (Lipinski definition) is 7. The van der Waals surface area contributed by atoms with Gasteiger partial charge in [0.15, 0.2) is 0 Å². The molecule has 1 aromatic heterocycles. The van der Waals surface area contributed by atoms with Crippen molar-refractivity contribution in [2.24, 2.45) is 5.73 Å². The van der Waals surface area contributed by atoms with Gasteiger partial charge in [-0.15, -0.1) is 0 Å². The van der Waals surface area contributed by atoms with Crippen LogP contribution in [0.25, 0.3) is 0 Å².